The summed E-state index contributed by atoms with van der Waals surface area (Å²) in [5, 5.41) is 0. The molecule has 1 aromatic rings. The molecular formula is C11H17NOS. The molecule has 1 aromatic carbocycles. The molecule has 3 heteroatoms. The summed E-state index contributed by atoms with van der Waals surface area (Å²) in [5.74, 6) is 0.993. The maximum Gasteiger partial charge on any atom is 0.122 e. The molecule has 0 aromatic heterocycles. The first-order valence-corrected chi connectivity index (χ1v) is 5.64. The van der Waals surface area contributed by atoms with Crippen molar-refractivity contribution >= 4 is 11.9 Å². The van der Waals surface area contributed by atoms with Gasteiger partial charge in [0.25, 0.3) is 0 Å². The van der Waals surface area contributed by atoms with Gasteiger partial charge in [0.1, 0.15) is 5.75 Å². The molecule has 0 aliphatic carbocycles. The highest BCUT2D eigenvalue weighted by molar-refractivity contribution is 7.97. The van der Waals surface area contributed by atoms with Crippen molar-refractivity contribution in [3.8, 4) is 5.75 Å². The van der Waals surface area contributed by atoms with Gasteiger partial charge < -0.3 is 4.74 Å². The standard InChI is InChI=1S/C11H17NOS/c1-4-5-9-8-10(14-12-2)6-7-11(9)13-3/h6-8,12H,4-5H2,1-3H3. The summed E-state index contributed by atoms with van der Waals surface area (Å²) >= 11 is 1.63. The summed E-state index contributed by atoms with van der Waals surface area (Å²) in [5.41, 5.74) is 1.29. The van der Waals surface area contributed by atoms with E-state index in [0.29, 0.717) is 0 Å². The predicted octanol–water partition coefficient (Wildman–Crippen LogP) is 2.87. The second-order valence-electron chi connectivity index (χ2n) is 3.03. The lowest BCUT2D eigenvalue weighted by Crippen LogP contribution is -1.95. The molecule has 0 amide bonds. The summed E-state index contributed by atoms with van der Waals surface area (Å²) in [7, 11) is 3.65. The number of rotatable bonds is 5. The van der Waals surface area contributed by atoms with E-state index in [-0.39, 0.29) is 0 Å². The number of hydrogen-bond acceptors (Lipinski definition) is 3. The first kappa shape index (κ1) is 11.4. The molecule has 14 heavy (non-hydrogen) atoms. The lowest BCUT2D eigenvalue weighted by Gasteiger charge is -2.09. The molecule has 0 fully saturated rings. The Morgan fingerprint density at radius 1 is 1.43 bits per heavy atom. The Kier molecular flexibility index (Phi) is 4.84. The van der Waals surface area contributed by atoms with Crippen LogP contribution in [-0.4, -0.2) is 14.2 Å². The van der Waals surface area contributed by atoms with Gasteiger partial charge in [-0.25, -0.2) is 0 Å². The van der Waals surface area contributed by atoms with Crippen LogP contribution in [-0.2, 0) is 6.42 Å². The van der Waals surface area contributed by atoms with Crippen LogP contribution in [0.4, 0.5) is 0 Å². The van der Waals surface area contributed by atoms with Crippen molar-refractivity contribution < 1.29 is 4.74 Å². The third-order valence-electron chi connectivity index (χ3n) is 1.99. The Hall–Kier alpha value is -0.670. The number of ether oxygens (including phenoxy) is 1. The van der Waals surface area contributed by atoms with Crippen LogP contribution >= 0.6 is 11.9 Å². The first-order chi connectivity index (χ1) is 6.81. The fourth-order valence-corrected chi connectivity index (χ4v) is 1.97. The number of aryl methyl sites for hydroxylation is 1. The van der Waals surface area contributed by atoms with Crippen molar-refractivity contribution in [3.63, 3.8) is 0 Å². The zero-order valence-corrected chi connectivity index (χ0v) is 9.78. The maximum atomic E-state index is 5.30. The average Bonchev–Trinajstić information content (AvgIpc) is 2.19. The monoisotopic (exact) mass is 211 g/mol. The fourth-order valence-electron chi connectivity index (χ4n) is 1.40. The van der Waals surface area contributed by atoms with Crippen LogP contribution in [0.5, 0.6) is 5.75 Å². The first-order valence-electron chi connectivity index (χ1n) is 4.82. The molecule has 0 saturated carbocycles. The Labute approximate surface area is 90.2 Å². The van der Waals surface area contributed by atoms with Crippen LogP contribution in [0.3, 0.4) is 0 Å². The van der Waals surface area contributed by atoms with Gasteiger partial charge in [-0.05, 0) is 49.2 Å². The highest BCUT2D eigenvalue weighted by Gasteiger charge is 2.03. The molecular weight excluding hydrogens is 194 g/mol. The van der Waals surface area contributed by atoms with Gasteiger partial charge in [0.05, 0.1) is 7.11 Å². The summed E-state index contributed by atoms with van der Waals surface area (Å²) in [4.78, 5) is 1.23. The van der Waals surface area contributed by atoms with E-state index in [2.05, 4.69) is 23.8 Å². The van der Waals surface area contributed by atoms with Crippen LogP contribution in [0, 0.1) is 0 Å². The Bertz CT molecular complexity index is 289. The zero-order valence-electron chi connectivity index (χ0n) is 8.96. The van der Waals surface area contributed by atoms with Gasteiger partial charge in [0, 0.05) is 4.90 Å². The molecule has 0 spiro atoms. The topological polar surface area (TPSA) is 21.3 Å². The minimum atomic E-state index is 0.993. The van der Waals surface area contributed by atoms with E-state index in [4.69, 9.17) is 4.74 Å². The van der Waals surface area contributed by atoms with Gasteiger partial charge in [-0.2, -0.15) is 0 Å². The van der Waals surface area contributed by atoms with Crippen LogP contribution in [0.2, 0.25) is 0 Å². The SMILES string of the molecule is CCCc1cc(SNC)ccc1OC. The predicted molar refractivity (Wildman–Crippen MR) is 61.9 cm³/mol. The van der Waals surface area contributed by atoms with E-state index in [0.717, 1.165) is 18.6 Å². The highest BCUT2D eigenvalue weighted by Crippen LogP contribution is 2.25. The van der Waals surface area contributed by atoms with Crippen molar-refractivity contribution in [2.45, 2.75) is 24.7 Å². The molecule has 2 nitrogen and oxygen atoms in total. The Morgan fingerprint density at radius 2 is 2.21 bits per heavy atom. The van der Waals surface area contributed by atoms with Crippen molar-refractivity contribution in [3.05, 3.63) is 23.8 Å². The molecule has 1 N–H and O–H groups in total. The van der Waals surface area contributed by atoms with Crippen molar-refractivity contribution in [1.29, 1.82) is 0 Å². The third kappa shape index (κ3) is 2.93. The van der Waals surface area contributed by atoms with E-state index in [1.54, 1.807) is 19.1 Å². The van der Waals surface area contributed by atoms with E-state index in [1.165, 1.54) is 10.5 Å². The third-order valence-corrected chi connectivity index (χ3v) is 2.68. The van der Waals surface area contributed by atoms with Gasteiger partial charge in [0.2, 0.25) is 0 Å². The van der Waals surface area contributed by atoms with Gasteiger partial charge in [-0.1, -0.05) is 13.3 Å². The summed E-state index contributed by atoms with van der Waals surface area (Å²) in [6, 6.07) is 6.29. The van der Waals surface area contributed by atoms with E-state index in [9.17, 15) is 0 Å². The summed E-state index contributed by atoms with van der Waals surface area (Å²) in [6.45, 7) is 2.18. The lowest BCUT2D eigenvalue weighted by atomic mass is 10.1. The van der Waals surface area contributed by atoms with Crippen molar-refractivity contribution in [2.24, 2.45) is 0 Å². The molecule has 0 saturated heterocycles. The molecule has 0 aliphatic heterocycles. The summed E-state index contributed by atoms with van der Waals surface area (Å²) < 4.78 is 8.37. The smallest absolute Gasteiger partial charge is 0.122 e. The number of benzene rings is 1. The Morgan fingerprint density at radius 3 is 2.79 bits per heavy atom. The quantitative estimate of drug-likeness (QED) is 0.757. The number of nitrogens with one attached hydrogen (secondary N) is 1. The number of methoxy groups -OCH3 is 1. The molecule has 78 valence electrons. The average molecular weight is 211 g/mol. The van der Waals surface area contributed by atoms with E-state index in [1.807, 2.05) is 13.1 Å². The van der Waals surface area contributed by atoms with Gasteiger partial charge in [-0.15, -0.1) is 0 Å². The van der Waals surface area contributed by atoms with Gasteiger partial charge in [0.15, 0.2) is 0 Å². The van der Waals surface area contributed by atoms with E-state index >= 15 is 0 Å². The van der Waals surface area contributed by atoms with Crippen molar-refractivity contribution in [1.82, 2.24) is 4.72 Å². The van der Waals surface area contributed by atoms with Crippen molar-refractivity contribution in [2.75, 3.05) is 14.2 Å². The second kappa shape index (κ2) is 5.94. The zero-order chi connectivity index (χ0) is 10.4. The maximum absolute atomic E-state index is 5.30. The molecule has 0 bridgehead atoms. The van der Waals surface area contributed by atoms with Gasteiger partial charge in [-0.3, -0.25) is 4.72 Å². The molecule has 1 rings (SSSR count). The second-order valence-corrected chi connectivity index (χ2v) is 4.11. The van der Waals surface area contributed by atoms with Crippen LogP contribution in [0.1, 0.15) is 18.9 Å². The molecule has 0 atom stereocenters. The summed E-state index contributed by atoms with van der Waals surface area (Å²) in [6.07, 6.45) is 2.21. The molecule has 0 unspecified atom stereocenters. The van der Waals surface area contributed by atoms with Crippen LogP contribution in [0.15, 0.2) is 23.1 Å². The van der Waals surface area contributed by atoms with Crippen LogP contribution < -0.4 is 9.46 Å². The molecule has 0 aliphatic rings. The molecule has 0 radical (unpaired) electrons. The normalized spacial score (nSPS) is 10.2. The largest absolute Gasteiger partial charge is 0.496 e. The number of hydrogen-bond donors (Lipinski definition) is 1. The fraction of sp³-hybridized carbons (Fsp3) is 0.455. The van der Waals surface area contributed by atoms with Crippen LogP contribution in [0.25, 0.3) is 0 Å². The minimum absolute atomic E-state index is 0.993. The Balaban J connectivity index is 2.88. The molecule has 0 heterocycles. The lowest BCUT2D eigenvalue weighted by molar-refractivity contribution is 0.409. The highest BCUT2D eigenvalue weighted by atomic mass is 32.2. The van der Waals surface area contributed by atoms with Gasteiger partial charge >= 0.3 is 0 Å². The minimum Gasteiger partial charge on any atom is -0.496 e. The van der Waals surface area contributed by atoms with E-state index < -0.39 is 0 Å².